The molecule has 0 radical (unpaired) electrons. The molecule has 0 saturated carbocycles. The number of ether oxygens (including phenoxy) is 15. The zero-order valence-corrected chi connectivity index (χ0v) is 69.2. The van der Waals surface area contributed by atoms with Gasteiger partial charge in [-0.05, 0) is 92.1 Å². The number of para-hydroxylation sites is 1. The number of alkyl halides is 10. The molecule has 0 aliphatic carbocycles. The first-order valence-corrected chi connectivity index (χ1v) is 42.9. The lowest BCUT2D eigenvalue weighted by Crippen LogP contribution is -2.44. The maximum atomic E-state index is 12.1. The number of aryl methyl sites for hydroxylation is 1. The van der Waals surface area contributed by atoms with E-state index in [0.29, 0.717) is 88.8 Å². The van der Waals surface area contributed by atoms with Gasteiger partial charge in [0.2, 0.25) is 0 Å². The van der Waals surface area contributed by atoms with Crippen LogP contribution in [-0.2, 0) is 83.5 Å². The van der Waals surface area contributed by atoms with Crippen molar-refractivity contribution in [3.05, 3.63) is 102 Å². The van der Waals surface area contributed by atoms with E-state index in [1.807, 2.05) is 54.6 Å². The van der Waals surface area contributed by atoms with Gasteiger partial charge in [-0.1, -0.05) is 179 Å². The predicted octanol–water partition coefficient (Wildman–Crippen LogP) is 16.4. The SMILES string of the molecule is C=C(C)C(=O)OCC1CO1.CCCCCCCCCCCCCC(C)C(O)CC1CO1.CCCCCCCCCc1ccc(OCC2CO2)cc1.CO[Si](CO)(CCCOCC1CO1)OC.FC(F)(F)C(F)(F)COCC1CO1.FC(F)(F)C(F)(F)OCC1CO1.OCc1ccc(OCC2CO2)cc1.c1ccc(OCC2CO2)cc1. The summed E-state index contributed by atoms with van der Waals surface area (Å²) in [5, 5.41) is 28.0. The summed E-state index contributed by atoms with van der Waals surface area (Å²) in [6.45, 7) is 18.4. The fourth-order valence-electron chi connectivity index (χ4n) is 10.1. The van der Waals surface area contributed by atoms with Gasteiger partial charge in [-0.15, -0.1) is 0 Å². The summed E-state index contributed by atoms with van der Waals surface area (Å²) >= 11 is 0. The van der Waals surface area contributed by atoms with Crippen molar-refractivity contribution in [1.82, 2.24) is 0 Å². The molecule has 8 heterocycles. The smallest absolute Gasteiger partial charge is 0.482 e. The third kappa shape index (κ3) is 54.1. The highest BCUT2D eigenvalue weighted by Crippen LogP contribution is 2.38. The topological polar surface area (TPSA) is 261 Å². The van der Waals surface area contributed by atoms with Crippen LogP contribution in [-0.4, -0.2) is 242 Å². The number of aliphatic hydroxyl groups is 3. The average Bonchev–Trinajstić information content (AvgIpc) is 1.57. The van der Waals surface area contributed by atoms with E-state index in [9.17, 15) is 58.9 Å². The molecule has 3 aromatic rings. The van der Waals surface area contributed by atoms with Gasteiger partial charge in [-0.3, -0.25) is 0 Å². The minimum Gasteiger partial charge on any atom is -0.491 e. The molecule has 3 aromatic carbocycles. The van der Waals surface area contributed by atoms with Gasteiger partial charge < -0.3 is 95.2 Å². The number of epoxide rings is 8. The van der Waals surface area contributed by atoms with Crippen LogP contribution in [0.15, 0.2) is 91.0 Å². The average molecular weight is 1680 g/mol. The number of halogens is 10. The minimum absolute atomic E-state index is 0.00820. The summed E-state index contributed by atoms with van der Waals surface area (Å²) in [6.07, 6.45) is 13.4. The van der Waals surface area contributed by atoms with Gasteiger partial charge in [-0.25, -0.2) is 4.79 Å². The molecule has 3 N–H and O–H groups in total. The number of benzene rings is 3. The third-order valence-electron chi connectivity index (χ3n) is 18.5. The van der Waals surface area contributed by atoms with Crippen molar-refractivity contribution in [2.24, 2.45) is 5.92 Å². The molecule has 10 atom stereocenters. The van der Waals surface area contributed by atoms with Crippen molar-refractivity contribution < 1.29 is 144 Å². The normalized spacial score (nSPS) is 20.8. The van der Waals surface area contributed by atoms with E-state index in [1.54, 1.807) is 21.1 Å². The molecular weight excluding hydrogens is 1550 g/mol. The highest BCUT2D eigenvalue weighted by molar-refractivity contribution is 6.67. The summed E-state index contributed by atoms with van der Waals surface area (Å²) in [4.78, 5) is 10.7. The molecule has 8 saturated heterocycles. The molecule has 32 heteroatoms. The van der Waals surface area contributed by atoms with Gasteiger partial charge in [0.25, 0.3) is 0 Å². The van der Waals surface area contributed by atoms with Gasteiger partial charge in [0.15, 0.2) is 0 Å². The lowest BCUT2D eigenvalue weighted by Gasteiger charge is -2.24. The van der Waals surface area contributed by atoms with Crippen molar-refractivity contribution >= 4 is 14.5 Å². The maximum absolute atomic E-state index is 12.1. The first-order chi connectivity index (χ1) is 55.1. The molecule has 115 heavy (non-hydrogen) atoms. The number of rotatable bonds is 52. The van der Waals surface area contributed by atoms with Crippen LogP contribution in [0.5, 0.6) is 17.2 Å². The van der Waals surface area contributed by atoms with Crippen molar-refractivity contribution in [3.63, 3.8) is 0 Å². The Morgan fingerprint density at radius 1 is 0.487 bits per heavy atom. The molecule has 11 rings (SSSR count). The zero-order chi connectivity index (χ0) is 84.2. The Kier molecular flexibility index (Phi) is 51.8. The monoisotopic (exact) mass is 1680 g/mol. The zero-order valence-electron chi connectivity index (χ0n) is 68.2. The number of hydrogen-bond donors (Lipinski definition) is 3. The lowest BCUT2D eigenvalue weighted by molar-refractivity contribution is -0.391. The number of carbonyl (C=O) groups is 1. The molecule has 8 aliphatic rings. The molecule has 8 aliphatic heterocycles. The van der Waals surface area contributed by atoms with E-state index < -0.39 is 52.3 Å². The standard InChI is InChI=1S/C19H38O2.C18H28O2.C10H12O3.C9H20O5Si.C9H10O2.C7H10O3.C6H7F5O2.C5H5F5O2/c1-3-4-5-6-7-8-9-10-11-12-13-14-17(2)19(20)15-18-16-21-18;1-2-3-4-5-6-7-8-9-16-10-12-17(13-11-16)19-14-18-15-20-18;11-5-8-1-3-9(4-2-8)12-6-10-7-13-10;1-11-15(8-10,12-2)5-3-4-13-6-9-7-14-9;1-2-4-8(5-3-1)10-6-9-7-11-9;1-5(2)7(8)10-4-6-3-9-6;7-5(8,6(9,10)11)3-12-1-4-2-13-4;6-4(7,8)5(9,10)12-2-3-1-11-3/h17-20H,3-16H2,1-2H3;10-13,18H,2-9,14-15H2,1H3;1-4,10-11H,5-7H2;9-10H,3-8H2,1-2H3;1-5,9H,6-7H2;6H,1,3-4H2,2H3;4H,1-3H2;3H,1-2H2. The van der Waals surface area contributed by atoms with Crippen LogP contribution in [0.2, 0.25) is 6.04 Å². The Balaban J connectivity index is 0.000000280. The summed E-state index contributed by atoms with van der Waals surface area (Å²) in [7, 11) is 0.842. The highest BCUT2D eigenvalue weighted by Gasteiger charge is 2.60. The van der Waals surface area contributed by atoms with Gasteiger partial charge >= 0.3 is 38.9 Å². The molecule has 0 amide bonds. The van der Waals surface area contributed by atoms with Gasteiger partial charge in [0.1, 0.15) is 93.0 Å². The van der Waals surface area contributed by atoms with Crippen molar-refractivity contribution in [2.45, 2.75) is 261 Å². The molecular formula is C83H130F10O21Si. The maximum Gasteiger partial charge on any atom is 0.482 e. The van der Waals surface area contributed by atoms with E-state index in [4.69, 9.17) is 66.1 Å². The van der Waals surface area contributed by atoms with E-state index in [0.717, 1.165) is 74.7 Å². The van der Waals surface area contributed by atoms with E-state index >= 15 is 0 Å². The fraction of sp³-hybridized carbons (Fsp3) is 0.747. The van der Waals surface area contributed by atoms with Crippen LogP contribution in [0.25, 0.3) is 0 Å². The van der Waals surface area contributed by atoms with Crippen LogP contribution in [0.3, 0.4) is 0 Å². The van der Waals surface area contributed by atoms with Crippen LogP contribution in [0.4, 0.5) is 43.9 Å². The van der Waals surface area contributed by atoms with Gasteiger partial charge in [-0.2, -0.15) is 43.9 Å². The number of unbranched alkanes of at least 4 members (excludes halogenated alkanes) is 16. The molecule has 0 bridgehead atoms. The molecule has 662 valence electrons. The third-order valence-corrected chi connectivity index (χ3v) is 21.5. The van der Waals surface area contributed by atoms with Crippen molar-refractivity contribution in [1.29, 1.82) is 0 Å². The Morgan fingerprint density at radius 2 is 0.870 bits per heavy atom. The number of carbonyl (C=O) groups excluding carboxylic acids is 1. The number of esters is 1. The Bertz CT molecular complexity index is 2890. The molecule has 10 unspecified atom stereocenters. The second kappa shape index (κ2) is 58.2. The van der Waals surface area contributed by atoms with Crippen LogP contribution in [0, 0.1) is 5.92 Å². The van der Waals surface area contributed by atoms with Crippen LogP contribution in [0.1, 0.15) is 174 Å². The Labute approximate surface area is 674 Å². The Morgan fingerprint density at radius 3 is 1.26 bits per heavy atom. The van der Waals surface area contributed by atoms with E-state index in [-0.39, 0.29) is 56.4 Å². The molecule has 21 nitrogen and oxygen atoms in total. The predicted molar refractivity (Wildman–Crippen MR) is 414 cm³/mol. The number of aliphatic hydroxyl groups excluding tert-OH is 3. The summed E-state index contributed by atoms with van der Waals surface area (Å²) in [6, 6.07) is 26.5. The molecule has 0 spiro atoms. The largest absolute Gasteiger partial charge is 0.491 e. The molecule has 8 fully saturated rings. The summed E-state index contributed by atoms with van der Waals surface area (Å²) in [5.74, 6) is -1.97. The van der Waals surface area contributed by atoms with Crippen molar-refractivity contribution in [2.75, 3.05) is 133 Å². The second-order valence-corrected chi connectivity index (χ2v) is 32.8. The molecule has 0 aromatic heterocycles. The van der Waals surface area contributed by atoms with E-state index in [1.165, 1.54) is 134 Å². The minimum atomic E-state index is -5.65. The van der Waals surface area contributed by atoms with Crippen LogP contribution >= 0.6 is 0 Å². The van der Waals surface area contributed by atoms with E-state index in [2.05, 4.69) is 70.6 Å². The van der Waals surface area contributed by atoms with Gasteiger partial charge in [0.05, 0.1) is 97.7 Å². The summed E-state index contributed by atoms with van der Waals surface area (Å²) in [5.41, 5.74) is 2.75. The lowest BCUT2D eigenvalue weighted by atomic mass is 9.94. The summed E-state index contributed by atoms with van der Waals surface area (Å²) < 4.78 is 201. The Hall–Kier alpha value is -4.85. The second-order valence-electron chi connectivity index (χ2n) is 29.4. The van der Waals surface area contributed by atoms with Crippen LogP contribution < -0.4 is 14.2 Å². The number of hydrogen-bond acceptors (Lipinski definition) is 21. The first-order valence-electron chi connectivity index (χ1n) is 40.6. The fourth-order valence-corrected chi connectivity index (χ4v) is 11.8. The van der Waals surface area contributed by atoms with Crippen molar-refractivity contribution in [3.8, 4) is 17.2 Å². The highest BCUT2D eigenvalue weighted by atomic mass is 28.4. The first kappa shape index (κ1) is 102. The quantitative estimate of drug-likeness (QED) is 0.0118. The van der Waals surface area contributed by atoms with Gasteiger partial charge in [0, 0.05) is 32.8 Å².